The van der Waals surface area contributed by atoms with E-state index in [1.165, 1.54) is 0 Å². The molecule has 104 valence electrons. The summed E-state index contributed by atoms with van der Waals surface area (Å²) in [6.07, 6.45) is 5.34. The first kappa shape index (κ1) is 13.8. The fourth-order valence-corrected chi connectivity index (χ4v) is 2.01. The van der Waals surface area contributed by atoms with Crippen molar-refractivity contribution in [2.45, 2.75) is 32.2 Å². The van der Waals surface area contributed by atoms with Crippen molar-refractivity contribution in [2.24, 2.45) is 0 Å². The average molecular weight is 263 g/mol. The van der Waals surface area contributed by atoms with Crippen molar-refractivity contribution in [3.8, 4) is 5.88 Å². The van der Waals surface area contributed by atoms with Gasteiger partial charge < -0.3 is 14.8 Å². The van der Waals surface area contributed by atoms with Gasteiger partial charge in [-0.3, -0.25) is 0 Å². The Balaban J connectivity index is 2.17. The molecule has 0 radical (unpaired) electrons. The largest absolute Gasteiger partial charge is 0.496 e. The molecule has 1 aliphatic heterocycles. The molecule has 1 aliphatic rings. The van der Waals surface area contributed by atoms with Crippen molar-refractivity contribution >= 4 is 0 Å². The van der Waals surface area contributed by atoms with Gasteiger partial charge in [0.2, 0.25) is 5.88 Å². The van der Waals surface area contributed by atoms with E-state index in [0.717, 1.165) is 43.9 Å². The molecule has 0 aliphatic carbocycles. The molecule has 1 unspecified atom stereocenters. The molecule has 1 aromatic heterocycles. The Labute approximate surface area is 114 Å². The van der Waals surface area contributed by atoms with Gasteiger partial charge in [0.25, 0.3) is 0 Å². The molecule has 0 amide bonds. The molecule has 0 fully saturated rings. The third-order valence-electron chi connectivity index (χ3n) is 3.01. The van der Waals surface area contributed by atoms with Crippen LogP contribution in [-0.2, 0) is 4.74 Å². The van der Waals surface area contributed by atoms with Crippen LogP contribution in [-0.4, -0.2) is 30.5 Å². The molecule has 2 rings (SSSR count). The summed E-state index contributed by atoms with van der Waals surface area (Å²) >= 11 is 0. The molecule has 2 heterocycles. The number of nitrogens with one attached hydrogen (secondary N) is 1. The van der Waals surface area contributed by atoms with Crippen molar-refractivity contribution in [3.05, 3.63) is 29.7 Å². The lowest BCUT2D eigenvalue weighted by atomic mass is 10.1. The van der Waals surface area contributed by atoms with Gasteiger partial charge in [-0.2, -0.15) is 0 Å². The third kappa shape index (κ3) is 3.67. The first-order valence-corrected chi connectivity index (χ1v) is 6.79. The second-order valence-electron chi connectivity index (χ2n) is 4.48. The molecule has 0 saturated carbocycles. The van der Waals surface area contributed by atoms with Crippen LogP contribution in [0, 0.1) is 0 Å². The van der Waals surface area contributed by atoms with Crippen molar-refractivity contribution in [1.29, 1.82) is 0 Å². The summed E-state index contributed by atoms with van der Waals surface area (Å²) in [7, 11) is 1.59. The van der Waals surface area contributed by atoms with Crippen LogP contribution in [0.5, 0.6) is 5.88 Å². The quantitative estimate of drug-likeness (QED) is 0.853. The van der Waals surface area contributed by atoms with E-state index >= 15 is 0 Å². The van der Waals surface area contributed by atoms with Crippen LogP contribution in [0.3, 0.4) is 0 Å². The summed E-state index contributed by atoms with van der Waals surface area (Å²) in [5.41, 5.74) is 0.863. The van der Waals surface area contributed by atoms with Crippen LogP contribution in [0.4, 0.5) is 0 Å². The molecule has 1 N–H and O–H groups in total. The highest BCUT2D eigenvalue weighted by molar-refractivity contribution is 5.21. The summed E-state index contributed by atoms with van der Waals surface area (Å²) in [5.74, 6) is 1.48. The minimum absolute atomic E-state index is 0.0151. The van der Waals surface area contributed by atoms with E-state index in [2.05, 4.69) is 28.5 Å². The Kier molecular flexibility index (Phi) is 5.15. The number of allylic oxidation sites excluding steroid dienone is 1. The summed E-state index contributed by atoms with van der Waals surface area (Å²) in [4.78, 5) is 0. The van der Waals surface area contributed by atoms with Gasteiger partial charge in [0.15, 0.2) is 0 Å². The van der Waals surface area contributed by atoms with Gasteiger partial charge in [-0.1, -0.05) is 6.92 Å². The lowest BCUT2D eigenvalue weighted by Crippen LogP contribution is -2.27. The predicted octanol–water partition coefficient (Wildman–Crippen LogP) is 2.22. The molecular formula is C14H21N3O2. The van der Waals surface area contributed by atoms with Crippen molar-refractivity contribution in [1.82, 2.24) is 15.5 Å². The molecule has 0 saturated heterocycles. The van der Waals surface area contributed by atoms with E-state index in [1.807, 2.05) is 12.1 Å². The zero-order chi connectivity index (χ0) is 13.5. The number of rotatable bonds is 6. The third-order valence-corrected chi connectivity index (χ3v) is 3.01. The Morgan fingerprint density at radius 2 is 2.32 bits per heavy atom. The average Bonchev–Trinajstić information content (AvgIpc) is 2.49. The Bertz CT molecular complexity index is 417. The topological polar surface area (TPSA) is 56.3 Å². The highest BCUT2D eigenvalue weighted by Crippen LogP contribution is 2.25. The number of hydrogen-bond donors (Lipinski definition) is 1. The molecule has 0 aromatic carbocycles. The molecule has 1 aromatic rings. The first-order chi connectivity index (χ1) is 9.35. The summed E-state index contributed by atoms with van der Waals surface area (Å²) < 4.78 is 10.8. The number of ether oxygens (including phenoxy) is 2. The number of nitrogens with zero attached hydrogens (tertiary/aromatic N) is 2. The standard InChI is InChI=1S/C14H21N3O2/c1-3-9-15-14(12-6-4-5-10-19-12)11-7-8-13(18-2)17-16-11/h6-8,14-15H,3-5,9-10H2,1-2H3. The lowest BCUT2D eigenvalue weighted by Gasteiger charge is -2.24. The monoisotopic (exact) mass is 263 g/mol. The minimum atomic E-state index is -0.0151. The number of hydrogen-bond acceptors (Lipinski definition) is 5. The van der Waals surface area contributed by atoms with Crippen LogP contribution in [0.15, 0.2) is 24.0 Å². The van der Waals surface area contributed by atoms with Crippen molar-refractivity contribution in [2.75, 3.05) is 20.3 Å². The van der Waals surface area contributed by atoms with Gasteiger partial charge in [-0.25, -0.2) is 0 Å². The summed E-state index contributed by atoms with van der Waals surface area (Å²) in [6, 6.07) is 3.74. The van der Waals surface area contributed by atoms with Gasteiger partial charge in [-0.05, 0) is 37.9 Å². The molecule has 0 bridgehead atoms. The van der Waals surface area contributed by atoms with Gasteiger partial charge in [0.05, 0.1) is 19.4 Å². The molecule has 5 heteroatoms. The Morgan fingerprint density at radius 3 is 2.89 bits per heavy atom. The maximum atomic E-state index is 5.75. The molecule has 0 spiro atoms. The molecule has 1 atom stereocenters. The molecular weight excluding hydrogens is 242 g/mol. The van der Waals surface area contributed by atoms with Gasteiger partial charge in [0.1, 0.15) is 11.8 Å². The van der Waals surface area contributed by atoms with Crippen LogP contribution in [0.25, 0.3) is 0 Å². The second-order valence-corrected chi connectivity index (χ2v) is 4.48. The zero-order valence-corrected chi connectivity index (χ0v) is 11.6. The summed E-state index contributed by atoms with van der Waals surface area (Å²) in [6.45, 7) is 3.83. The van der Waals surface area contributed by atoms with Crippen molar-refractivity contribution in [3.63, 3.8) is 0 Å². The van der Waals surface area contributed by atoms with Crippen LogP contribution < -0.4 is 10.1 Å². The van der Waals surface area contributed by atoms with E-state index in [1.54, 1.807) is 7.11 Å². The lowest BCUT2D eigenvalue weighted by molar-refractivity contribution is 0.166. The van der Waals surface area contributed by atoms with E-state index in [-0.39, 0.29) is 6.04 Å². The fourth-order valence-electron chi connectivity index (χ4n) is 2.01. The van der Waals surface area contributed by atoms with Crippen molar-refractivity contribution < 1.29 is 9.47 Å². The van der Waals surface area contributed by atoms with Gasteiger partial charge >= 0.3 is 0 Å². The highest BCUT2D eigenvalue weighted by atomic mass is 16.5. The van der Waals surface area contributed by atoms with Gasteiger partial charge in [0, 0.05) is 6.07 Å². The maximum Gasteiger partial charge on any atom is 0.233 e. The second kappa shape index (κ2) is 7.09. The Morgan fingerprint density at radius 1 is 1.42 bits per heavy atom. The smallest absolute Gasteiger partial charge is 0.233 e. The molecule has 19 heavy (non-hydrogen) atoms. The normalized spacial score (nSPS) is 16.4. The first-order valence-electron chi connectivity index (χ1n) is 6.79. The van der Waals surface area contributed by atoms with E-state index in [9.17, 15) is 0 Å². The van der Waals surface area contributed by atoms with Crippen LogP contribution in [0.1, 0.15) is 37.9 Å². The number of methoxy groups -OCH3 is 1. The van der Waals surface area contributed by atoms with E-state index < -0.39 is 0 Å². The molecule has 5 nitrogen and oxygen atoms in total. The van der Waals surface area contributed by atoms with E-state index in [0.29, 0.717) is 5.88 Å². The minimum Gasteiger partial charge on any atom is -0.496 e. The fraction of sp³-hybridized carbons (Fsp3) is 0.571. The van der Waals surface area contributed by atoms with E-state index in [4.69, 9.17) is 9.47 Å². The van der Waals surface area contributed by atoms with Gasteiger partial charge in [-0.15, -0.1) is 10.2 Å². The Hall–Kier alpha value is -1.62. The van der Waals surface area contributed by atoms with Crippen LogP contribution in [0.2, 0.25) is 0 Å². The zero-order valence-electron chi connectivity index (χ0n) is 11.6. The van der Waals surface area contributed by atoms with Crippen LogP contribution >= 0.6 is 0 Å². The highest BCUT2D eigenvalue weighted by Gasteiger charge is 2.21. The number of aromatic nitrogens is 2. The predicted molar refractivity (Wildman–Crippen MR) is 72.9 cm³/mol. The summed E-state index contributed by atoms with van der Waals surface area (Å²) in [5, 5.41) is 11.7. The maximum absolute atomic E-state index is 5.75. The SMILES string of the molecule is CCCNC(C1=CCCCO1)c1ccc(OC)nn1.